The molecule has 1 aliphatic heterocycles. The molecular weight excluding hydrogens is 272 g/mol. The number of nitrogens with zero attached hydrogens (tertiary/aromatic N) is 2. The molecule has 0 spiro atoms. The highest BCUT2D eigenvalue weighted by molar-refractivity contribution is 7.09. The van der Waals surface area contributed by atoms with E-state index in [1.807, 2.05) is 0 Å². The van der Waals surface area contributed by atoms with Crippen LogP contribution < -0.4 is 0 Å². The summed E-state index contributed by atoms with van der Waals surface area (Å²) in [6.45, 7) is 4.60. The highest BCUT2D eigenvalue weighted by atomic mass is 32.1. The highest BCUT2D eigenvalue weighted by Crippen LogP contribution is 2.49. The molecule has 1 N–H and O–H groups in total. The van der Waals surface area contributed by atoms with Gasteiger partial charge < -0.3 is 5.11 Å². The lowest BCUT2D eigenvalue weighted by Crippen LogP contribution is -2.35. The predicted octanol–water partition coefficient (Wildman–Crippen LogP) is 2.78. The number of fused-ring (bicyclic) bond motifs is 1. The van der Waals surface area contributed by atoms with E-state index in [2.05, 4.69) is 22.2 Å². The molecule has 20 heavy (non-hydrogen) atoms. The third-order valence-corrected chi connectivity index (χ3v) is 5.77. The lowest BCUT2D eigenvalue weighted by atomic mass is 9.81. The van der Waals surface area contributed by atoms with Crippen molar-refractivity contribution in [3.8, 4) is 0 Å². The molecular formula is C15H22N2O2S. The van der Waals surface area contributed by atoms with Crippen LogP contribution in [0, 0.1) is 11.3 Å². The third kappa shape index (κ3) is 2.37. The molecule has 1 saturated heterocycles. The number of aromatic nitrogens is 1. The van der Waals surface area contributed by atoms with E-state index >= 15 is 0 Å². The van der Waals surface area contributed by atoms with Gasteiger partial charge in [-0.1, -0.05) is 13.3 Å². The predicted molar refractivity (Wildman–Crippen MR) is 78.8 cm³/mol. The largest absolute Gasteiger partial charge is 0.481 e. The first kappa shape index (κ1) is 14.0. The number of hydrogen-bond acceptors (Lipinski definition) is 4. The minimum absolute atomic E-state index is 0.341. The van der Waals surface area contributed by atoms with Gasteiger partial charge in [-0.15, -0.1) is 11.3 Å². The molecule has 2 atom stereocenters. The van der Waals surface area contributed by atoms with Crippen LogP contribution in [-0.4, -0.2) is 34.0 Å². The molecule has 0 bridgehead atoms. The van der Waals surface area contributed by atoms with Gasteiger partial charge >= 0.3 is 5.97 Å². The van der Waals surface area contributed by atoms with Crippen molar-refractivity contribution in [2.75, 3.05) is 13.1 Å². The van der Waals surface area contributed by atoms with E-state index in [9.17, 15) is 9.90 Å². The van der Waals surface area contributed by atoms with Crippen LogP contribution in [0.1, 0.15) is 43.3 Å². The van der Waals surface area contributed by atoms with E-state index in [1.54, 1.807) is 11.3 Å². The number of aryl methyl sites for hydroxylation is 1. The molecule has 0 aromatic carbocycles. The average Bonchev–Trinajstić information content (AvgIpc) is 3.04. The van der Waals surface area contributed by atoms with Crippen molar-refractivity contribution in [1.29, 1.82) is 0 Å². The molecule has 1 aromatic heterocycles. The zero-order valence-electron chi connectivity index (χ0n) is 12.0. The second kappa shape index (κ2) is 5.45. The number of carboxylic acid groups (broad SMARTS) is 1. The topological polar surface area (TPSA) is 53.4 Å². The van der Waals surface area contributed by atoms with Crippen molar-refractivity contribution in [2.45, 2.75) is 45.6 Å². The molecule has 1 aromatic rings. The maximum atomic E-state index is 11.7. The summed E-state index contributed by atoms with van der Waals surface area (Å²) in [4.78, 5) is 18.6. The number of thiazole rings is 1. The van der Waals surface area contributed by atoms with Crippen molar-refractivity contribution in [2.24, 2.45) is 11.3 Å². The number of rotatable bonds is 5. The number of hydrogen-bond donors (Lipinski definition) is 1. The van der Waals surface area contributed by atoms with Gasteiger partial charge in [0, 0.05) is 25.0 Å². The maximum Gasteiger partial charge on any atom is 0.311 e. The van der Waals surface area contributed by atoms with Crippen LogP contribution in [0.2, 0.25) is 0 Å². The summed E-state index contributed by atoms with van der Waals surface area (Å²) < 4.78 is 0. The fourth-order valence-corrected chi connectivity index (χ4v) is 4.73. The van der Waals surface area contributed by atoms with Gasteiger partial charge in [0.2, 0.25) is 0 Å². The molecule has 2 heterocycles. The van der Waals surface area contributed by atoms with Crippen LogP contribution in [0.4, 0.5) is 0 Å². The minimum Gasteiger partial charge on any atom is -0.481 e. The molecule has 2 aliphatic rings. The first-order chi connectivity index (χ1) is 9.64. The summed E-state index contributed by atoms with van der Waals surface area (Å²) in [7, 11) is 0. The molecule has 1 aliphatic carbocycles. The molecule has 110 valence electrons. The van der Waals surface area contributed by atoms with Gasteiger partial charge in [-0.25, -0.2) is 4.98 Å². The number of carbonyl (C=O) groups is 1. The van der Waals surface area contributed by atoms with Crippen molar-refractivity contribution in [3.05, 3.63) is 16.1 Å². The van der Waals surface area contributed by atoms with Crippen LogP contribution in [0.15, 0.2) is 5.38 Å². The molecule has 0 unspecified atom stereocenters. The Labute approximate surface area is 123 Å². The average molecular weight is 294 g/mol. The van der Waals surface area contributed by atoms with Gasteiger partial charge in [-0.3, -0.25) is 9.69 Å². The maximum absolute atomic E-state index is 11.7. The van der Waals surface area contributed by atoms with Crippen molar-refractivity contribution in [1.82, 2.24) is 9.88 Å². The lowest BCUT2D eigenvalue weighted by molar-refractivity contribution is -0.149. The van der Waals surface area contributed by atoms with Gasteiger partial charge in [-0.05, 0) is 31.6 Å². The standard InChI is InChI=1S/C15H22N2O2S/c1-2-4-13-16-12(9-20-13)8-17-7-11-5-3-6-15(11,10-17)14(18)19/h9,11H,2-8,10H2,1H3,(H,18,19)/t11-,15+/m0/s1. The zero-order valence-corrected chi connectivity index (χ0v) is 12.8. The quantitative estimate of drug-likeness (QED) is 0.907. The molecule has 1 saturated carbocycles. The van der Waals surface area contributed by atoms with E-state index in [0.717, 1.165) is 50.9 Å². The van der Waals surface area contributed by atoms with Crippen LogP contribution in [0.25, 0.3) is 0 Å². The summed E-state index contributed by atoms with van der Waals surface area (Å²) in [5.74, 6) is -0.249. The Kier molecular flexibility index (Phi) is 3.82. The summed E-state index contributed by atoms with van der Waals surface area (Å²) in [5, 5.41) is 12.9. The number of aliphatic carboxylic acids is 1. The zero-order chi connectivity index (χ0) is 14.2. The normalized spacial score (nSPS) is 29.8. The molecule has 5 heteroatoms. The summed E-state index contributed by atoms with van der Waals surface area (Å²) in [6, 6.07) is 0. The fourth-order valence-electron chi connectivity index (χ4n) is 3.84. The Morgan fingerprint density at radius 3 is 3.20 bits per heavy atom. The Morgan fingerprint density at radius 1 is 1.65 bits per heavy atom. The van der Waals surface area contributed by atoms with Crippen LogP contribution in [0.5, 0.6) is 0 Å². The van der Waals surface area contributed by atoms with Gasteiger partial charge in [0.25, 0.3) is 0 Å². The van der Waals surface area contributed by atoms with Crippen molar-refractivity contribution in [3.63, 3.8) is 0 Å². The fraction of sp³-hybridized carbons (Fsp3) is 0.733. The summed E-state index contributed by atoms with van der Waals surface area (Å²) in [5.41, 5.74) is 0.640. The molecule has 2 fully saturated rings. The Bertz CT molecular complexity index is 502. The second-order valence-electron chi connectivity index (χ2n) is 6.20. The minimum atomic E-state index is -0.590. The first-order valence-corrected chi connectivity index (χ1v) is 8.41. The molecule has 0 amide bonds. The van der Waals surface area contributed by atoms with E-state index in [1.165, 1.54) is 5.01 Å². The van der Waals surface area contributed by atoms with Gasteiger partial charge in [0.05, 0.1) is 16.1 Å². The van der Waals surface area contributed by atoms with Crippen LogP contribution in [-0.2, 0) is 17.8 Å². The smallest absolute Gasteiger partial charge is 0.311 e. The number of likely N-dealkylation sites (tertiary alicyclic amines) is 1. The Hall–Kier alpha value is -0.940. The van der Waals surface area contributed by atoms with Gasteiger partial charge in [-0.2, -0.15) is 0 Å². The van der Waals surface area contributed by atoms with Crippen molar-refractivity contribution >= 4 is 17.3 Å². The lowest BCUT2D eigenvalue weighted by Gasteiger charge is -2.23. The van der Waals surface area contributed by atoms with E-state index in [-0.39, 0.29) is 0 Å². The molecule has 4 nitrogen and oxygen atoms in total. The van der Waals surface area contributed by atoms with Gasteiger partial charge in [0.15, 0.2) is 0 Å². The Morgan fingerprint density at radius 2 is 2.50 bits per heavy atom. The summed E-state index contributed by atoms with van der Waals surface area (Å²) >= 11 is 1.73. The first-order valence-electron chi connectivity index (χ1n) is 7.53. The highest BCUT2D eigenvalue weighted by Gasteiger charge is 2.54. The second-order valence-corrected chi connectivity index (χ2v) is 7.15. The van der Waals surface area contributed by atoms with E-state index in [4.69, 9.17) is 0 Å². The van der Waals surface area contributed by atoms with Crippen LogP contribution in [0.3, 0.4) is 0 Å². The van der Waals surface area contributed by atoms with Crippen molar-refractivity contribution < 1.29 is 9.90 Å². The summed E-state index contributed by atoms with van der Waals surface area (Å²) in [6.07, 6.45) is 5.16. The van der Waals surface area contributed by atoms with E-state index < -0.39 is 11.4 Å². The SMILES string of the molecule is CCCc1nc(CN2C[C@@H]3CCC[C@@]3(C(=O)O)C2)cs1. The molecule has 0 radical (unpaired) electrons. The van der Waals surface area contributed by atoms with E-state index in [0.29, 0.717) is 12.5 Å². The van der Waals surface area contributed by atoms with Gasteiger partial charge in [0.1, 0.15) is 0 Å². The Balaban J connectivity index is 1.66. The monoisotopic (exact) mass is 294 g/mol. The number of carboxylic acids is 1. The molecule has 3 rings (SSSR count). The van der Waals surface area contributed by atoms with Crippen LogP contribution >= 0.6 is 11.3 Å². The third-order valence-electron chi connectivity index (χ3n) is 4.82.